The molecule has 0 saturated carbocycles. The molecule has 4 rings (SSSR count). The monoisotopic (exact) mass is 499 g/mol. The van der Waals surface area contributed by atoms with Crippen LogP contribution in [-0.2, 0) is 11.4 Å². The van der Waals surface area contributed by atoms with Crippen molar-refractivity contribution in [3.63, 3.8) is 0 Å². The molecule has 1 unspecified atom stereocenters. The Labute approximate surface area is 218 Å². The van der Waals surface area contributed by atoms with E-state index in [2.05, 4.69) is 52.6 Å². The first-order valence-corrected chi connectivity index (χ1v) is 13.5. The molecule has 1 saturated heterocycles. The fourth-order valence-corrected chi connectivity index (χ4v) is 5.67. The average molecular weight is 500 g/mol. The number of piperidine rings is 1. The van der Waals surface area contributed by atoms with Crippen LogP contribution in [-0.4, -0.2) is 25.0 Å². The van der Waals surface area contributed by atoms with Crippen molar-refractivity contribution in [2.45, 2.75) is 64.5 Å². The molecular weight excluding hydrogens is 466 g/mol. The van der Waals surface area contributed by atoms with E-state index in [1.54, 1.807) is 6.92 Å². The van der Waals surface area contributed by atoms with Gasteiger partial charge in [-0.2, -0.15) is 5.26 Å². The van der Waals surface area contributed by atoms with Crippen molar-refractivity contribution < 1.29 is 9.53 Å². The van der Waals surface area contributed by atoms with Gasteiger partial charge in [0.25, 0.3) is 0 Å². The van der Waals surface area contributed by atoms with Crippen molar-refractivity contribution in [1.82, 2.24) is 5.32 Å². The summed E-state index contributed by atoms with van der Waals surface area (Å²) in [5, 5.41) is 15.0. The van der Waals surface area contributed by atoms with Crippen LogP contribution >= 0.6 is 11.3 Å². The molecule has 36 heavy (non-hydrogen) atoms. The van der Waals surface area contributed by atoms with Crippen LogP contribution in [0.15, 0.2) is 47.8 Å². The first-order valence-electron chi connectivity index (χ1n) is 12.6. The first kappa shape index (κ1) is 25.6. The molecule has 1 N–H and O–H groups in total. The number of carbonyl (C=O) groups is 1. The highest BCUT2D eigenvalue weighted by atomic mass is 32.1. The van der Waals surface area contributed by atoms with Crippen LogP contribution in [0.2, 0.25) is 0 Å². The largest absolute Gasteiger partial charge is 0.489 e. The molecule has 1 aromatic heterocycles. The summed E-state index contributed by atoms with van der Waals surface area (Å²) in [6.45, 7) is 6.10. The third-order valence-corrected chi connectivity index (χ3v) is 7.64. The number of ether oxygens (including phenoxy) is 1. The van der Waals surface area contributed by atoms with Crippen molar-refractivity contribution in [2.75, 3.05) is 18.0 Å². The molecule has 2 atom stereocenters. The minimum absolute atomic E-state index is 0.0968. The quantitative estimate of drug-likeness (QED) is 0.274. The Kier molecular flexibility index (Phi) is 8.87. The summed E-state index contributed by atoms with van der Waals surface area (Å²) >= 11 is 1.81. The predicted octanol–water partition coefficient (Wildman–Crippen LogP) is 6.39. The van der Waals surface area contributed by atoms with Gasteiger partial charge >= 0.3 is 0 Å². The van der Waals surface area contributed by atoms with Gasteiger partial charge in [-0.3, -0.25) is 4.79 Å². The Morgan fingerprint density at radius 1 is 1.25 bits per heavy atom. The zero-order chi connectivity index (χ0) is 25.3. The Morgan fingerprint density at radius 2 is 2.08 bits per heavy atom. The number of benzene rings is 2. The van der Waals surface area contributed by atoms with Crippen LogP contribution in [0.3, 0.4) is 0 Å². The van der Waals surface area contributed by atoms with Gasteiger partial charge in [0.05, 0.1) is 24.1 Å². The standard InChI is InChI=1S/C30H33N3O2S/c1-3-7-25(19-30(34)32-16-6-15-31)24-10-12-26(13-11-24)35-20-23-9-14-29-27(18-23)28(21-36-29)33-17-5-4-8-22(33)2/h9-14,18,21-22,25H,4-6,8,16-17,19-20H2,1-2H3,(H,32,34)/t22?,25-/m0/s1. The van der Waals surface area contributed by atoms with Gasteiger partial charge in [-0.05, 0) is 68.5 Å². The number of hydrogen-bond acceptors (Lipinski definition) is 5. The molecule has 0 radical (unpaired) electrons. The lowest BCUT2D eigenvalue weighted by Crippen LogP contribution is -2.37. The highest BCUT2D eigenvalue weighted by molar-refractivity contribution is 7.17. The highest BCUT2D eigenvalue weighted by Gasteiger charge is 2.21. The minimum atomic E-state index is -0.192. The van der Waals surface area contributed by atoms with Gasteiger partial charge in [-0.15, -0.1) is 17.3 Å². The van der Waals surface area contributed by atoms with Gasteiger partial charge in [0.2, 0.25) is 5.91 Å². The molecule has 3 aromatic rings. The molecule has 0 spiro atoms. The van der Waals surface area contributed by atoms with Crippen molar-refractivity contribution in [2.24, 2.45) is 0 Å². The third-order valence-electron chi connectivity index (χ3n) is 6.68. The zero-order valence-electron chi connectivity index (χ0n) is 21.0. The van der Waals surface area contributed by atoms with Gasteiger partial charge in [-0.1, -0.05) is 24.1 Å². The van der Waals surface area contributed by atoms with E-state index in [1.165, 1.54) is 35.0 Å². The number of carbonyl (C=O) groups excluding carboxylic acids is 1. The van der Waals surface area contributed by atoms with Crippen LogP contribution in [0.4, 0.5) is 5.69 Å². The van der Waals surface area contributed by atoms with Crippen molar-refractivity contribution in [1.29, 1.82) is 5.26 Å². The number of nitrogens with one attached hydrogen (secondary N) is 1. The van der Waals surface area contributed by atoms with E-state index in [0.29, 0.717) is 25.6 Å². The van der Waals surface area contributed by atoms with Gasteiger partial charge in [0.1, 0.15) is 12.4 Å². The summed E-state index contributed by atoms with van der Waals surface area (Å²) in [7, 11) is 0. The molecule has 6 heteroatoms. The van der Waals surface area contributed by atoms with Gasteiger partial charge in [0, 0.05) is 41.0 Å². The van der Waals surface area contributed by atoms with Crippen LogP contribution in [0.1, 0.15) is 63.0 Å². The minimum Gasteiger partial charge on any atom is -0.489 e. The van der Waals surface area contributed by atoms with Crippen molar-refractivity contribution in [3.05, 3.63) is 59.0 Å². The Bertz CT molecular complexity index is 1280. The summed E-state index contributed by atoms with van der Waals surface area (Å²) in [4.78, 5) is 14.8. The Hall–Kier alpha value is -3.48. The second-order valence-corrected chi connectivity index (χ2v) is 10.2. The summed E-state index contributed by atoms with van der Waals surface area (Å²) < 4.78 is 7.42. The fraction of sp³-hybridized carbons (Fsp3) is 0.400. The molecule has 1 aliphatic rings. The fourth-order valence-electron chi connectivity index (χ4n) is 4.74. The predicted molar refractivity (Wildman–Crippen MR) is 147 cm³/mol. The SMILES string of the molecule is CC#C[C@@H](CC(=O)NCCC#N)c1ccc(OCc2ccc3scc(N4CCCCC4C)c3c2)cc1. The number of nitrogens with zero attached hydrogens (tertiary/aromatic N) is 2. The summed E-state index contributed by atoms with van der Waals surface area (Å²) in [5.74, 6) is 6.55. The maximum absolute atomic E-state index is 12.2. The van der Waals surface area contributed by atoms with Gasteiger partial charge in [-0.25, -0.2) is 0 Å². The van der Waals surface area contributed by atoms with Crippen LogP contribution < -0.4 is 15.0 Å². The molecule has 5 nitrogen and oxygen atoms in total. The second-order valence-electron chi connectivity index (χ2n) is 9.26. The molecule has 186 valence electrons. The molecule has 2 aromatic carbocycles. The van der Waals surface area contributed by atoms with E-state index in [4.69, 9.17) is 10.00 Å². The number of hydrogen-bond donors (Lipinski definition) is 1. The van der Waals surface area contributed by atoms with E-state index < -0.39 is 0 Å². The van der Waals surface area contributed by atoms with Crippen LogP contribution in [0.25, 0.3) is 10.1 Å². The molecule has 0 bridgehead atoms. The number of anilines is 1. The number of thiophene rings is 1. The van der Waals surface area contributed by atoms with E-state index in [0.717, 1.165) is 23.4 Å². The maximum atomic E-state index is 12.2. The Balaban J connectivity index is 1.40. The summed E-state index contributed by atoms with van der Waals surface area (Å²) in [6, 6.07) is 17.1. The summed E-state index contributed by atoms with van der Waals surface area (Å²) in [6.07, 6.45) is 4.41. The van der Waals surface area contributed by atoms with Gasteiger partial charge in [0.15, 0.2) is 0 Å². The smallest absolute Gasteiger partial charge is 0.221 e. The molecule has 1 aliphatic heterocycles. The lowest BCUT2D eigenvalue weighted by molar-refractivity contribution is -0.121. The van der Waals surface area contributed by atoms with Crippen LogP contribution in [0, 0.1) is 23.2 Å². The van der Waals surface area contributed by atoms with E-state index in [9.17, 15) is 4.79 Å². The maximum Gasteiger partial charge on any atom is 0.221 e. The number of amides is 1. The average Bonchev–Trinajstić information content (AvgIpc) is 3.31. The third kappa shape index (κ3) is 6.39. The zero-order valence-corrected chi connectivity index (χ0v) is 21.9. The summed E-state index contributed by atoms with van der Waals surface area (Å²) in [5.41, 5.74) is 3.49. The van der Waals surface area contributed by atoms with E-state index >= 15 is 0 Å². The van der Waals surface area contributed by atoms with Crippen molar-refractivity contribution in [3.8, 4) is 23.7 Å². The molecular formula is C30H33N3O2S. The van der Waals surface area contributed by atoms with E-state index in [-0.39, 0.29) is 18.2 Å². The van der Waals surface area contributed by atoms with Crippen LogP contribution in [0.5, 0.6) is 5.75 Å². The second kappa shape index (κ2) is 12.5. The lowest BCUT2D eigenvalue weighted by atomic mass is 9.95. The molecule has 0 aliphatic carbocycles. The lowest BCUT2D eigenvalue weighted by Gasteiger charge is -2.35. The topological polar surface area (TPSA) is 65.4 Å². The normalized spacial score (nSPS) is 16.0. The number of nitriles is 1. The molecule has 1 fully saturated rings. The first-order chi connectivity index (χ1) is 17.6. The molecule has 1 amide bonds. The number of fused-ring (bicyclic) bond motifs is 1. The molecule has 2 heterocycles. The van der Waals surface area contributed by atoms with E-state index in [1.807, 2.05) is 41.7 Å². The highest BCUT2D eigenvalue weighted by Crippen LogP contribution is 2.37. The van der Waals surface area contributed by atoms with Gasteiger partial charge < -0.3 is 15.0 Å². The number of rotatable bonds is 9. The Morgan fingerprint density at radius 3 is 2.83 bits per heavy atom. The van der Waals surface area contributed by atoms with Crippen molar-refractivity contribution >= 4 is 33.0 Å².